The average Bonchev–Trinajstić information content (AvgIpc) is 2.32. The van der Waals surface area contributed by atoms with Crippen molar-refractivity contribution in [1.29, 1.82) is 0 Å². The van der Waals surface area contributed by atoms with Gasteiger partial charge in [0, 0.05) is 17.9 Å². The van der Waals surface area contributed by atoms with Crippen LogP contribution in [0.15, 0.2) is 12.1 Å². The average molecular weight is 354 g/mol. The van der Waals surface area contributed by atoms with Crippen molar-refractivity contribution in [2.24, 2.45) is 0 Å². The summed E-state index contributed by atoms with van der Waals surface area (Å²) in [5, 5.41) is 0.654. The van der Waals surface area contributed by atoms with Crippen molar-refractivity contribution < 1.29 is 19.1 Å². The molecule has 0 fully saturated rings. The van der Waals surface area contributed by atoms with Gasteiger partial charge in [-0.2, -0.15) is 0 Å². The van der Waals surface area contributed by atoms with E-state index in [1.165, 1.54) is 12.1 Å². The van der Waals surface area contributed by atoms with Crippen molar-refractivity contribution in [1.82, 2.24) is 0 Å². The van der Waals surface area contributed by atoms with E-state index < -0.39 is 5.97 Å². The molecule has 7 heteroatoms. The molecule has 0 aliphatic carbocycles. The molecule has 0 saturated carbocycles. The Morgan fingerprint density at radius 3 is 2.10 bits per heavy atom. The number of carbonyl (C=O) groups excluding carboxylic acids is 2. The lowest BCUT2D eigenvalue weighted by Crippen LogP contribution is -2.13. The van der Waals surface area contributed by atoms with Gasteiger partial charge in [0.15, 0.2) is 5.75 Å². The van der Waals surface area contributed by atoms with Crippen LogP contribution in [-0.2, 0) is 14.3 Å². The maximum atomic E-state index is 11.7. The van der Waals surface area contributed by atoms with E-state index in [4.69, 9.17) is 44.3 Å². The van der Waals surface area contributed by atoms with E-state index >= 15 is 0 Å². The summed E-state index contributed by atoms with van der Waals surface area (Å²) in [5.41, 5.74) is 0. The molecule has 1 rings (SSSR count). The van der Waals surface area contributed by atoms with Gasteiger partial charge in [-0.25, -0.2) is 0 Å². The Balaban J connectivity index is 2.46. The molecule has 0 aromatic heterocycles. The molecule has 0 aliphatic rings. The number of esters is 2. The second-order valence-corrected chi connectivity index (χ2v) is 5.82. The van der Waals surface area contributed by atoms with Crippen LogP contribution in [0.2, 0.25) is 15.1 Å². The fourth-order valence-corrected chi connectivity index (χ4v) is 2.38. The number of halogens is 3. The predicted molar refractivity (Wildman–Crippen MR) is 82.2 cm³/mol. The summed E-state index contributed by atoms with van der Waals surface area (Å²) in [6.45, 7) is 3.52. The van der Waals surface area contributed by atoms with Gasteiger partial charge in [0.25, 0.3) is 0 Å². The van der Waals surface area contributed by atoms with Gasteiger partial charge in [0.05, 0.1) is 16.1 Å². The molecule has 0 unspecified atom stereocenters. The Morgan fingerprint density at radius 2 is 1.57 bits per heavy atom. The molecule has 0 bridgehead atoms. The summed E-state index contributed by atoms with van der Waals surface area (Å²) >= 11 is 17.6. The summed E-state index contributed by atoms with van der Waals surface area (Å²) in [4.78, 5) is 23.0. The van der Waals surface area contributed by atoms with Gasteiger partial charge in [-0.05, 0) is 32.4 Å². The highest BCUT2D eigenvalue weighted by atomic mass is 35.5. The first-order chi connectivity index (χ1) is 9.79. The minimum atomic E-state index is -0.529. The fourth-order valence-electron chi connectivity index (χ4n) is 1.49. The van der Waals surface area contributed by atoms with Gasteiger partial charge >= 0.3 is 11.9 Å². The number of benzene rings is 1. The highest BCUT2D eigenvalue weighted by molar-refractivity contribution is 6.40. The van der Waals surface area contributed by atoms with Gasteiger partial charge in [-0.3, -0.25) is 9.59 Å². The third kappa shape index (κ3) is 6.55. The van der Waals surface area contributed by atoms with Crippen molar-refractivity contribution in [2.45, 2.75) is 39.2 Å². The Bertz CT molecular complexity index is 506. The van der Waals surface area contributed by atoms with Crippen molar-refractivity contribution in [2.75, 3.05) is 0 Å². The number of hydrogen-bond donors (Lipinski definition) is 0. The van der Waals surface area contributed by atoms with E-state index in [1.54, 1.807) is 13.8 Å². The normalized spacial score (nSPS) is 10.6. The lowest BCUT2D eigenvalue weighted by molar-refractivity contribution is -0.147. The summed E-state index contributed by atoms with van der Waals surface area (Å²) in [7, 11) is 0. The Labute approximate surface area is 138 Å². The van der Waals surface area contributed by atoms with Crippen LogP contribution in [-0.4, -0.2) is 18.0 Å². The molecule has 0 heterocycles. The number of rotatable bonds is 6. The minimum absolute atomic E-state index is 0.0580. The smallest absolute Gasteiger partial charge is 0.311 e. The molecular weight excluding hydrogens is 339 g/mol. The molecule has 4 nitrogen and oxygen atoms in total. The number of ether oxygens (including phenoxy) is 2. The molecule has 0 aliphatic heterocycles. The van der Waals surface area contributed by atoms with E-state index in [-0.39, 0.29) is 40.7 Å². The van der Waals surface area contributed by atoms with Crippen LogP contribution in [0.3, 0.4) is 0 Å². The van der Waals surface area contributed by atoms with Crippen molar-refractivity contribution in [3.8, 4) is 5.75 Å². The van der Waals surface area contributed by atoms with Gasteiger partial charge in [-0.1, -0.05) is 34.8 Å². The lowest BCUT2D eigenvalue weighted by atomic mass is 10.2. The molecule has 1 aromatic carbocycles. The molecule has 0 radical (unpaired) electrons. The topological polar surface area (TPSA) is 52.6 Å². The molecule has 116 valence electrons. The first kappa shape index (κ1) is 18.1. The lowest BCUT2D eigenvalue weighted by Gasteiger charge is -2.09. The van der Waals surface area contributed by atoms with Crippen LogP contribution in [0.1, 0.15) is 33.1 Å². The molecule has 1 aromatic rings. The molecule has 0 N–H and O–H groups in total. The van der Waals surface area contributed by atoms with E-state index in [2.05, 4.69) is 0 Å². The minimum Gasteiger partial charge on any atom is -0.463 e. The van der Waals surface area contributed by atoms with Gasteiger partial charge in [0.2, 0.25) is 0 Å². The third-order valence-electron chi connectivity index (χ3n) is 2.31. The number of carbonyl (C=O) groups is 2. The highest BCUT2D eigenvalue weighted by Gasteiger charge is 2.14. The summed E-state index contributed by atoms with van der Waals surface area (Å²) in [6.07, 6.45) is 0.363. The Kier molecular flexibility index (Phi) is 7.29. The maximum Gasteiger partial charge on any atom is 0.311 e. The quantitative estimate of drug-likeness (QED) is 0.550. The van der Waals surface area contributed by atoms with Crippen LogP contribution in [0.25, 0.3) is 0 Å². The van der Waals surface area contributed by atoms with Crippen LogP contribution in [0.5, 0.6) is 5.75 Å². The van der Waals surface area contributed by atoms with Crippen LogP contribution < -0.4 is 4.74 Å². The first-order valence-corrected chi connectivity index (χ1v) is 7.47. The second-order valence-electron chi connectivity index (χ2n) is 4.56. The standard InChI is InChI=1S/C14H15Cl3O4/c1-8(2)20-12(18)4-3-5-13(19)21-14-10(16)6-9(15)7-11(14)17/h6-8H,3-5H2,1-2H3. The van der Waals surface area contributed by atoms with E-state index in [1.807, 2.05) is 0 Å². The third-order valence-corrected chi connectivity index (χ3v) is 3.09. The van der Waals surface area contributed by atoms with Crippen LogP contribution in [0, 0.1) is 0 Å². The number of hydrogen-bond acceptors (Lipinski definition) is 4. The SMILES string of the molecule is CC(C)OC(=O)CCCC(=O)Oc1c(Cl)cc(Cl)cc1Cl. The van der Waals surface area contributed by atoms with Crippen LogP contribution in [0.4, 0.5) is 0 Å². The first-order valence-electron chi connectivity index (χ1n) is 6.34. The summed E-state index contributed by atoms with van der Waals surface area (Å²) in [5.74, 6) is -0.809. The van der Waals surface area contributed by atoms with Gasteiger partial charge < -0.3 is 9.47 Å². The maximum absolute atomic E-state index is 11.7. The summed E-state index contributed by atoms with van der Waals surface area (Å²) < 4.78 is 10.0. The molecule has 0 atom stereocenters. The molecule has 0 spiro atoms. The zero-order valence-corrected chi connectivity index (χ0v) is 13.9. The fraction of sp³-hybridized carbons (Fsp3) is 0.429. The van der Waals surface area contributed by atoms with Crippen molar-refractivity contribution in [3.63, 3.8) is 0 Å². The van der Waals surface area contributed by atoms with E-state index in [0.29, 0.717) is 11.4 Å². The molecular formula is C14H15Cl3O4. The molecule has 0 amide bonds. The van der Waals surface area contributed by atoms with Gasteiger partial charge in [-0.15, -0.1) is 0 Å². The zero-order chi connectivity index (χ0) is 16.0. The van der Waals surface area contributed by atoms with Crippen molar-refractivity contribution >= 4 is 46.7 Å². The van der Waals surface area contributed by atoms with Crippen molar-refractivity contribution in [3.05, 3.63) is 27.2 Å². The Morgan fingerprint density at radius 1 is 1.05 bits per heavy atom. The highest BCUT2D eigenvalue weighted by Crippen LogP contribution is 2.36. The van der Waals surface area contributed by atoms with Crippen LogP contribution >= 0.6 is 34.8 Å². The zero-order valence-electron chi connectivity index (χ0n) is 11.6. The Hall–Kier alpha value is -0.970. The van der Waals surface area contributed by atoms with E-state index in [9.17, 15) is 9.59 Å². The predicted octanol–water partition coefficient (Wildman–Crippen LogP) is 4.67. The van der Waals surface area contributed by atoms with E-state index in [0.717, 1.165) is 0 Å². The largest absolute Gasteiger partial charge is 0.463 e. The second kappa shape index (κ2) is 8.47. The molecule has 21 heavy (non-hydrogen) atoms. The summed E-state index contributed by atoms with van der Waals surface area (Å²) in [6, 6.07) is 2.86. The molecule has 0 saturated heterocycles. The monoisotopic (exact) mass is 352 g/mol. The van der Waals surface area contributed by atoms with Gasteiger partial charge in [0.1, 0.15) is 0 Å².